The number of hydrogen-bond acceptors (Lipinski definition) is 3. The summed E-state index contributed by atoms with van der Waals surface area (Å²) in [6.45, 7) is 1.34. The van der Waals surface area contributed by atoms with Crippen LogP contribution in [0.2, 0.25) is 0 Å². The molecule has 1 saturated heterocycles. The summed E-state index contributed by atoms with van der Waals surface area (Å²) in [5.41, 5.74) is 6.84. The number of carbonyl (C=O) groups is 1. The summed E-state index contributed by atoms with van der Waals surface area (Å²) in [5.74, 6) is 0.406. The van der Waals surface area contributed by atoms with Crippen molar-refractivity contribution in [2.24, 2.45) is 5.92 Å². The minimum Gasteiger partial charge on any atom is -0.382 e. The molecule has 5 nitrogen and oxygen atoms in total. The molecule has 2 heterocycles. The van der Waals surface area contributed by atoms with E-state index in [9.17, 15) is 9.18 Å². The topological polar surface area (TPSA) is 75.0 Å². The van der Waals surface area contributed by atoms with E-state index in [1.54, 1.807) is 11.0 Å². The van der Waals surface area contributed by atoms with Crippen molar-refractivity contribution >= 4 is 11.7 Å². The number of likely N-dealkylation sites (tertiary alicyclic amines) is 1. The first kappa shape index (κ1) is 14.6. The lowest BCUT2D eigenvalue weighted by molar-refractivity contribution is 0.0691. The van der Waals surface area contributed by atoms with Gasteiger partial charge in [0.25, 0.3) is 5.91 Å². The molecule has 0 radical (unpaired) electrons. The zero-order valence-electron chi connectivity index (χ0n) is 12.3. The number of nitrogen functional groups attached to an aromatic ring is 1. The van der Waals surface area contributed by atoms with Crippen LogP contribution in [0.1, 0.15) is 28.8 Å². The van der Waals surface area contributed by atoms with Crippen molar-refractivity contribution in [3.63, 3.8) is 0 Å². The third-order valence-corrected chi connectivity index (χ3v) is 4.27. The molecule has 0 spiro atoms. The summed E-state index contributed by atoms with van der Waals surface area (Å²) in [7, 11) is 0. The highest BCUT2D eigenvalue weighted by Gasteiger charge is 2.26. The fourth-order valence-electron chi connectivity index (χ4n) is 2.96. The van der Waals surface area contributed by atoms with E-state index in [1.807, 2.05) is 12.1 Å². The Hall–Kier alpha value is -2.37. The largest absolute Gasteiger partial charge is 0.382 e. The predicted octanol–water partition coefficient (Wildman–Crippen LogP) is 2.23. The Morgan fingerprint density at radius 2 is 2.09 bits per heavy atom. The van der Waals surface area contributed by atoms with Crippen LogP contribution in [0.4, 0.5) is 10.2 Å². The molecule has 116 valence electrons. The highest BCUT2D eigenvalue weighted by molar-refractivity contribution is 5.98. The van der Waals surface area contributed by atoms with Gasteiger partial charge < -0.3 is 10.6 Å². The molecule has 0 saturated carbocycles. The maximum Gasteiger partial charge on any atom is 0.259 e. The first-order valence-electron chi connectivity index (χ1n) is 7.47. The normalized spacial score (nSPS) is 16.0. The van der Waals surface area contributed by atoms with Crippen molar-refractivity contribution in [1.82, 2.24) is 15.1 Å². The minimum absolute atomic E-state index is 0.0874. The van der Waals surface area contributed by atoms with Gasteiger partial charge in [-0.2, -0.15) is 5.10 Å². The highest BCUT2D eigenvalue weighted by atomic mass is 19.1. The van der Waals surface area contributed by atoms with Gasteiger partial charge in [-0.1, -0.05) is 18.2 Å². The first-order chi connectivity index (χ1) is 10.6. The van der Waals surface area contributed by atoms with Gasteiger partial charge in [0, 0.05) is 19.3 Å². The van der Waals surface area contributed by atoms with Crippen molar-refractivity contribution in [3.8, 4) is 0 Å². The third-order valence-electron chi connectivity index (χ3n) is 4.27. The van der Waals surface area contributed by atoms with Crippen molar-refractivity contribution in [2.45, 2.75) is 19.3 Å². The molecule has 0 aliphatic carbocycles. The number of aromatic amines is 1. The van der Waals surface area contributed by atoms with Crippen LogP contribution in [0.15, 0.2) is 30.5 Å². The number of amides is 1. The molecule has 1 amide bonds. The van der Waals surface area contributed by atoms with Crippen molar-refractivity contribution in [2.75, 3.05) is 18.8 Å². The van der Waals surface area contributed by atoms with Crippen LogP contribution in [0.3, 0.4) is 0 Å². The van der Waals surface area contributed by atoms with E-state index >= 15 is 0 Å². The lowest BCUT2D eigenvalue weighted by Gasteiger charge is -2.32. The van der Waals surface area contributed by atoms with Gasteiger partial charge in [-0.25, -0.2) is 4.39 Å². The Labute approximate surface area is 128 Å². The average Bonchev–Trinajstić information content (AvgIpc) is 2.96. The summed E-state index contributed by atoms with van der Waals surface area (Å²) >= 11 is 0. The maximum atomic E-state index is 13.7. The molecule has 3 N–H and O–H groups in total. The van der Waals surface area contributed by atoms with Crippen LogP contribution in [0, 0.1) is 11.7 Å². The number of nitrogens with one attached hydrogen (secondary N) is 1. The molecule has 2 aromatic rings. The predicted molar refractivity (Wildman–Crippen MR) is 81.7 cm³/mol. The number of benzene rings is 1. The molecule has 0 bridgehead atoms. The summed E-state index contributed by atoms with van der Waals surface area (Å²) in [4.78, 5) is 14.1. The number of aromatic nitrogens is 2. The second kappa shape index (κ2) is 6.17. The molecule has 1 aromatic heterocycles. The molecule has 1 fully saturated rings. The molecule has 0 unspecified atom stereocenters. The number of rotatable bonds is 3. The van der Waals surface area contributed by atoms with Crippen LogP contribution in [0.25, 0.3) is 0 Å². The lowest BCUT2D eigenvalue weighted by atomic mass is 9.90. The van der Waals surface area contributed by atoms with Gasteiger partial charge in [0.1, 0.15) is 11.4 Å². The number of nitrogens with zero attached hydrogens (tertiary/aromatic N) is 2. The van der Waals surface area contributed by atoms with E-state index in [4.69, 9.17) is 5.73 Å². The van der Waals surface area contributed by atoms with Crippen LogP contribution < -0.4 is 5.73 Å². The zero-order valence-corrected chi connectivity index (χ0v) is 12.3. The zero-order chi connectivity index (χ0) is 15.5. The molecule has 3 rings (SSSR count). The number of nitrogens with two attached hydrogens (primary N) is 1. The standard InChI is InChI=1S/C16H19FN4O/c17-14-4-2-1-3-12(14)9-11-5-7-21(8-6-11)16(22)13-10-19-20-15(13)18/h1-4,10-11H,5-9H2,(H3,18,19,20). The summed E-state index contributed by atoms with van der Waals surface area (Å²) in [5, 5.41) is 6.38. The smallest absolute Gasteiger partial charge is 0.259 e. The molecule has 1 aromatic carbocycles. The van der Waals surface area contributed by atoms with Crippen molar-refractivity contribution in [1.29, 1.82) is 0 Å². The number of H-pyrrole nitrogens is 1. The van der Waals surface area contributed by atoms with Gasteiger partial charge in [-0.15, -0.1) is 0 Å². The molecule has 1 aliphatic heterocycles. The summed E-state index contributed by atoms with van der Waals surface area (Å²) in [6, 6.07) is 6.89. The lowest BCUT2D eigenvalue weighted by Crippen LogP contribution is -2.39. The fraction of sp³-hybridized carbons (Fsp3) is 0.375. The molecule has 22 heavy (non-hydrogen) atoms. The van der Waals surface area contributed by atoms with Gasteiger partial charge in [-0.05, 0) is 36.8 Å². The van der Waals surface area contributed by atoms with E-state index < -0.39 is 0 Å². The molecule has 1 aliphatic rings. The molecular weight excluding hydrogens is 283 g/mol. The van der Waals surface area contributed by atoms with Crippen LogP contribution >= 0.6 is 0 Å². The molecule has 0 atom stereocenters. The Bertz CT molecular complexity index is 662. The van der Waals surface area contributed by atoms with Crippen LogP contribution in [0.5, 0.6) is 0 Å². The Morgan fingerprint density at radius 3 is 2.73 bits per heavy atom. The second-order valence-electron chi connectivity index (χ2n) is 5.72. The monoisotopic (exact) mass is 302 g/mol. The number of piperidine rings is 1. The Kier molecular flexibility index (Phi) is 4.09. The third kappa shape index (κ3) is 2.95. The maximum absolute atomic E-state index is 13.7. The average molecular weight is 302 g/mol. The van der Waals surface area contributed by atoms with Gasteiger partial charge in [0.15, 0.2) is 5.82 Å². The van der Waals surface area contributed by atoms with Crippen LogP contribution in [-0.2, 0) is 6.42 Å². The summed E-state index contributed by atoms with van der Waals surface area (Å²) in [6.07, 6.45) is 4.00. The highest BCUT2D eigenvalue weighted by Crippen LogP contribution is 2.24. The van der Waals surface area contributed by atoms with Crippen molar-refractivity contribution in [3.05, 3.63) is 47.4 Å². The second-order valence-corrected chi connectivity index (χ2v) is 5.72. The van der Waals surface area contributed by atoms with E-state index in [0.29, 0.717) is 24.6 Å². The SMILES string of the molecule is Nc1n[nH]cc1C(=O)N1CCC(Cc2ccccc2F)CC1. The van der Waals surface area contributed by atoms with Gasteiger partial charge in [0.05, 0.1) is 0 Å². The van der Waals surface area contributed by atoms with E-state index in [2.05, 4.69) is 10.2 Å². The Morgan fingerprint density at radius 1 is 1.36 bits per heavy atom. The number of carbonyl (C=O) groups excluding carboxylic acids is 1. The number of halogens is 1. The van der Waals surface area contributed by atoms with Crippen LogP contribution in [-0.4, -0.2) is 34.1 Å². The summed E-state index contributed by atoms with van der Waals surface area (Å²) < 4.78 is 13.7. The van der Waals surface area contributed by atoms with Gasteiger partial charge in [-0.3, -0.25) is 9.89 Å². The first-order valence-corrected chi connectivity index (χ1v) is 7.47. The van der Waals surface area contributed by atoms with Crippen molar-refractivity contribution < 1.29 is 9.18 Å². The minimum atomic E-state index is -0.146. The molecular formula is C16H19FN4O. The van der Waals surface area contributed by atoms with E-state index in [1.165, 1.54) is 12.3 Å². The van der Waals surface area contributed by atoms with E-state index in [-0.39, 0.29) is 17.5 Å². The van der Waals surface area contributed by atoms with Gasteiger partial charge >= 0.3 is 0 Å². The van der Waals surface area contributed by atoms with Gasteiger partial charge in [0.2, 0.25) is 0 Å². The Balaban J connectivity index is 1.58. The van der Waals surface area contributed by atoms with E-state index in [0.717, 1.165) is 24.8 Å². The quantitative estimate of drug-likeness (QED) is 0.913. The number of hydrogen-bond donors (Lipinski definition) is 2. The molecule has 6 heteroatoms. The fourth-order valence-corrected chi connectivity index (χ4v) is 2.96. The number of anilines is 1.